The van der Waals surface area contributed by atoms with Gasteiger partial charge in [-0.2, -0.15) is 0 Å². The highest BCUT2D eigenvalue weighted by molar-refractivity contribution is 6.03. The molecule has 0 saturated carbocycles. The first-order valence-corrected chi connectivity index (χ1v) is 8.07. The Kier molecular flexibility index (Phi) is 4.70. The summed E-state index contributed by atoms with van der Waals surface area (Å²) in [6.07, 6.45) is 1.64. The van der Waals surface area contributed by atoms with Crippen LogP contribution in [0, 0.1) is 6.92 Å². The van der Waals surface area contributed by atoms with Crippen molar-refractivity contribution in [3.63, 3.8) is 0 Å². The van der Waals surface area contributed by atoms with Gasteiger partial charge in [0.15, 0.2) is 5.69 Å². The van der Waals surface area contributed by atoms with Crippen LogP contribution in [0.2, 0.25) is 0 Å². The van der Waals surface area contributed by atoms with Gasteiger partial charge < -0.3 is 5.32 Å². The summed E-state index contributed by atoms with van der Waals surface area (Å²) >= 11 is 0. The first-order chi connectivity index (χ1) is 11.7. The monoisotopic (exact) mass is 320 g/mol. The standard InChI is InChI=1S/C19H20N4O/c1-3-8-17-18(19(24)20-15-10-7-9-14(2)13-15)21-22-23(17)16-11-5-4-6-12-16/h4-7,9-13H,3,8H2,1-2H3,(H,20,24). The second kappa shape index (κ2) is 7.08. The Bertz CT molecular complexity index is 840. The lowest BCUT2D eigenvalue weighted by atomic mass is 10.1. The van der Waals surface area contributed by atoms with E-state index in [1.165, 1.54) is 0 Å². The fourth-order valence-corrected chi connectivity index (χ4v) is 2.63. The SMILES string of the molecule is CCCc1c(C(=O)Nc2cccc(C)c2)nnn1-c1ccccc1. The Morgan fingerprint density at radius 1 is 1.12 bits per heavy atom. The molecule has 3 aromatic rings. The van der Waals surface area contributed by atoms with E-state index >= 15 is 0 Å². The maximum atomic E-state index is 12.6. The number of nitrogens with one attached hydrogen (secondary N) is 1. The summed E-state index contributed by atoms with van der Waals surface area (Å²) in [5, 5.41) is 11.2. The molecule has 1 heterocycles. The molecular weight excluding hydrogens is 300 g/mol. The van der Waals surface area contributed by atoms with Crippen molar-refractivity contribution in [1.29, 1.82) is 0 Å². The summed E-state index contributed by atoms with van der Waals surface area (Å²) in [4.78, 5) is 12.6. The molecule has 0 saturated heterocycles. The number of aromatic nitrogens is 3. The van der Waals surface area contributed by atoms with Crippen LogP contribution in [0.3, 0.4) is 0 Å². The number of amides is 1. The largest absolute Gasteiger partial charge is 0.321 e. The van der Waals surface area contributed by atoms with Crippen LogP contribution < -0.4 is 5.32 Å². The zero-order chi connectivity index (χ0) is 16.9. The molecule has 122 valence electrons. The van der Waals surface area contributed by atoms with Crippen LogP contribution in [0.25, 0.3) is 5.69 Å². The number of rotatable bonds is 5. The Morgan fingerprint density at radius 3 is 2.62 bits per heavy atom. The molecule has 3 rings (SSSR count). The number of hydrogen-bond donors (Lipinski definition) is 1. The maximum absolute atomic E-state index is 12.6. The Balaban J connectivity index is 1.93. The molecule has 0 atom stereocenters. The number of carbonyl (C=O) groups excluding carboxylic acids is 1. The highest BCUT2D eigenvalue weighted by Gasteiger charge is 2.20. The van der Waals surface area contributed by atoms with Gasteiger partial charge in [0.05, 0.1) is 11.4 Å². The van der Waals surface area contributed by atoms with Crippen molar-refractivity contribution in [1.82, 2.24) is 15.0 Å². The van der Waals surface area contributed by atoms with E-state index in [9.17, 15) is 4.79 Å². The molecule has 0 aliphatic rings. The molecule has 0 unspecified atom stereocenters. The fourth-order valence-electron chi connectivity index (χ4n) is 2.63. The highest BCUT2D eigenvalue weighted by atomic mass is 16.2. The average Bonchev–Trinajstić information content (AvgIpc) is 3.00. The molecule has 0 spiro atoms. The number of anilines is 1. The van der Waals surface area contributed by atoms with Crippen molar-refractivity contribution in [2.24, 2.45) is 0 Å². The van der Waals surface area contributed by atoms with Crippen LogP contribution >= 0.6 is 0 Å². The third-order valence-electron chi connectivity index (χ3n) is 3.74. The first-order valence-electron chi connectivity index (χ1n) is 8.07. The van der Waals surface area contributed by atoms with E-state index in [4.69, 9.17) is 0 Å². The lowest BCUT2D eigenvalue weighted by Gasteiger charge is -2.08. The number of nitrogens with zero attached hydrogens (tertiary/aromatic N) is 3. The van der Waals surface area contributed by atoms with Crippen molar-refractivity contribution in [3.8, 4) is 5.69 Å². The van der Waals surface area contributed by atoms with Gasteiger partial charge >= 0.3 is 0 Å². The third kappa shape index (κ3) is 3.35. The molecule has 5 heteroatoms. The molecule has 0 aliphatic carbocycles. The van der Waals surface area contributed by atoms with Gasteiger partial charge in [0.1, 0.15) is 0 Å². The molecule has 0 radical (unpaired) electrons. The van der Waals surface area contributed by atoms with Gasteiger partial charge in [-0.25, -0.2) is 4.68 Å². The second-order valence-corrected chi connectivity index (χ2v) is 5.71. The quantitative estimate of drug-likeness (QED) is 0.778. The molecular formula is C19H20N4O. The Hall–Kier alpha value is -2.95. The van der Waals surface area contributed by atoms with Gasteiger partial charge in [0.2, 0.25) is 0 Å². The summed E-state index contributed by atoms with van der Waals surface area (Å²) in [6.45, 7) is 4.06. The smallest absolute Gasteiger partial charge is 0.278 e. The molecule has 1 N–H and O–H groups in total. The van der Waals surface area contributed by atoms with Crippen LogP contribution in [0.15, 0.2) is 54.6 Å². The number of aryl methyl sites for hydroxylation is 1. The van der Waals surface area contributed by atoms with E-state index in [1.54, 1.807) is 4.68 Å². The van der Waals surface area contributed by atoms with Crippen molar-refractivity contribution in [3.05, 3.63) is 71.5 Å². The van der Waals surface area contributed by atoms with Crippen molar-refractivity contribution >= 4 is 11.6 Å². The summed E-state index contributed by atoms with van der Waals surface area (Å²) in [7, 11) is 0. The van der Waals surface area contributed by atoms with E-state index in [0.29, 0.717) is 5.69 Å². The van der Waals surface area contributed by atoms with E-state index in [-0.39, 0.29) is 5.91 Å². The second-order valence-electron chi connectivity index (χ2n) is 5.71. The predicted molar refractivity (Wildman–Crippen MR) is 94.5 cm³/mol. The number of para-hydroxylation sites is 1. The Morgan fingerprint density at radius 2 is 1.92 bits per heavy atom. The van der Waals surface area contributed by atoms with Gasteiger partial charge in [-0.3, -0.25) is 4.79 Å². The van der Waals surface area contributed by atoms with E-state index in [0.717, 1.165) is 35.5 Å². The summed E-state index contributed by atoms with van der Waals surface area (Å²) in [5.74, 6) is -0.230. The zero-order valence-corrected chi connectivity index (χ0v) is 13.9. The van der Waals surface area contributed by atoms with Gasteiger partial charge in [-0.1, -0.05) is 48.9 Å². The van der Waals surface area contributed by atoms with Crippen molar-refractivity contribution in [2.45, 2.75) is 26.7 Å². The lowest BCUT2D eigenvalue weighted by molar-refractivity contribution is 0.102. The summed E-state index contributed by atoms with van der Waals surface area (Å²) < 4.78 is 1.74. The first kappa shape index (κ1) is 15.9. The van der Waals surface area contributed by atoms with Crippen LogP contribution in [-0.2, 0) is 6.42 Å². The van der Waals surface area contributed by atoms with Crippen LogP contribution in [-0.4, -0.2) is 20.9 Å². The summed E-state index contributed by atoms with van der Waals surface area (Å²) in [6, 6.07) is 17.4. The average molecular weight is 320 g/mol. The Labute approximate surface area is 141 Å². The summed E-state index contributed by atoms with van der Waals surface area (Å²) in [5.41, 5.74) is 3.96. The van der Waals surface area contributed by atoms with Gasteiger partial charge in [-0.15, -0.1) is 5.10 Å². The van der Waals surface area contributed by atoms with Crippen LogP contribution in [0.5, 0.6) is 0 Å². The molecule has 1 aromatic heterocycles. The minimum Gasteiger partial charge on any atom is -0.321 e. The molecule has 5 nitrogen and oxygen atoms in total. The van der Waals surface area contributed by atoms with Gasteiger partial charge in [0, 0.05) is 5.69 Å². The minimum absolute atomic E-state index is 0.230. The number of carbonyl (C=O) groups is 1. The van der Waals surface area contributed by atoms with Gasteiger partial charge in [0.25, 0.3) is 5.91 Å². The topological polar surface area (TPSA) is 59.8 Å². The number of hydrogen-bond acceptors (Lipinski definition) is 3. The molecule has 2 aromatic carbocycles. The van der Waals surface area contributed by atoms with Crippen LogP contribution in [0.4, 0.5) is 5.69 Å². The number of benzene rings is 2. The molecule has 0 aliphatic heterocycles. The third-order valence-corrected chi connectivity index (χ3v) is 3.74. The maximum Gasteiger partial charge on any atom is 0.278 e. The molecule has 1 amide bonds. The van der Waals surface area contributed by atoms with Crippen molar-refractivity contribution < 1.29 is 4.79 Å². The molecule has 0 fully saturated rings. The lowest BCUT2D eigenvalue weighted by Crippen LogP contribution is -2.15. The minimum atomic E-state index is -0.230. The molecule has 24 heavy (non-hydrogen) atoms. The normalized spacial score (nSPS) is 10.6. The fraction of sp³-hybridized carbons (Fsp3) is 0.211. The van der Waals surface area contributed by atoms with E-state index < -0.39 is 0 Å². The van der Waals surface area contributed by atoms with E-state index in [1.807, 2.05) is 61.5 Å². The highest BCUT2D eigenvalue weighted by Crippen LogP contribution is 2.17. The van der Waals surface area contributed by atoms with Crippen LogP contribution in [0.1, 0.15) is 35.1 Å². The van der Waals surface area contributed by atoms with Gasteiger partial charge in [-0.05, 0) is 43.2 Å². The zero-order valence-electron chi connectivity index (χ0n) is 13.9. The van der Waals surface area contributed by atoms with Crippen molar-refractivity contribution in [2.75, 3.05) is 5.32 Å². The molecule has 0 bridgehead atoms. The predicted octanol–water partition coefficient (Wildman–Crippen LogP) is 3.78. The van der Waals surface area contributed by atoms with E-state index in [2.05, 4.69) is 22.6 Å².